The van der Waals surface area contributed by atoms with Crippen molar-refractivity contribution < 1.29 is 10.0 Å². The first-order chi connectivity index (χ1) is 9.70. The Balaban J connectivity index is 1.88. The summed E-state index contributed by atoms with van der Waals surface area (Å²) < 4.78 is 0. The lowest BCUT2D eigenvalue weighted by molar-refractivity contribution is -0.900. The van der Waals surface area contributed by atoms with Crippen molar-refractivity contribution in [3.63, 3.8) is 0 Å². The predicted molar refractivity (Wildman–Crippen MR) is 81.8 cm³/mol. The molecule has 3 rings (SSSR count). The molecule has 1 aliphatic heterocycles. The van der Waals surface area contributed by atoms with Gasteiger partial charge in [-0.3, -0.25) is 0 Å². The monoisotopic (exact) mass is 293 g/mol. The van der Waals surface area contributed by atoms with E-state index >= 15 is 0 Å². The third kappa shape index (κ3) is 2.39. The molecule has 0 aliphatic carbocycles. The molecule has 1 saturated heterocycles. The van der Waals surface area contributed by atoms with Crippen LogP contribution >= 0.6 is 11.3 Å². The summed E-state index contributed by atoms with van der Waals surface area (Å²) in [7, 11) is 0. The molecular formula is C14H21N4OS+. The molecule has 108 valence electrons. The lowest BCUT2D eigenvalue weighted by atomic mass is 10.2. The minimum absolute atomic E-state index is 0.274. The van der Waals surface area contributed by atoms with Crippen molar-refractivity contribution in [1.82, 2.24) is 9.97 Å². The van der Waals surface area contributed by atoms with Gasteiger partial charge in [-0.2, -0.15) is 0 Å². The first kappa shape index (κ1) is 13.7. The molecule has 5 nitrogen and oxygen atoms in total. The lowest BCUT2D eigenvalue weighted by Gasteiger charge is -2.32. The third-order valence-corrected chi connectivity index (χ3v) is 5.30. The number of aliphatic hydroxyl groups excluding tert-OH is 1. The van der Waals surface area contributed by atoms with Gasteiger partial charge in [-0.25, -0.2) is 9.97 Å². The maximum Gasteiger partial charge on any atom is 0.141 e. The van der Waals surface area contributed by atoms with E-state index in [0.29, 0.717) is 0 Å². The molecule has 0 atom stereocenters. The van der Waals surface area contributed by atoms with Crippen molar-refractivity contribution in [2.45, 2.75) is 13.8 Å². The van der Waals surface area contributed by atoms with Crippen LogP contribution in [0.4, 0.5) is 5.82 Å². The minimum atomic E-state index is 0.274. The molecule has 0 spiro atoms. The molecule has 3 heterocycles. The van der Waals surface area contributed by atoms with Crippen LogP contribution < -0.4 is 9.80 Å². The smallest absolute Gasteiger partial charge is 0.141 e. The number of hydrogen-bond donors (Lipinski definition) is 2. The molecule has 2 aromatic heterocycles. The largest absolute Gasteiger partial charge is 0.391 e. The molecule has 2 aromatic rings. The molecule has 1 aliphatic rings. The summed E-state index contributed by atoms with van der Waals surface area (Å²) in [6, 6.07) is 0. The number of thiophene rings is 1. The number of aliphatic hydroxyl groups is 1. The van der Waals surface area contributed by atoms with E-state index in [1.165, 1.54) is 20.7 Å². The topological polar surface area (TPSA) is 53.7 Å². The van der Waals surface area contributed by atoms with Gasteiger partial charge in [-0.05, 0) is 19.4 Å². The molecule has 6 heteroatoms. The van der Waals surface area contributed by atoms with Gasteiger partial charge in [0.1, 0.15) is 23.5 Å². The predicted octanol–water partition coefficient (Wildman–Crippen LogP) is 0.00534. The maximum absolute atomic E-state index is 9.03. The van der Waals surface area contributed by atoms with Gasteiger partial charge in [0.25, 0.3) is 0 Å². The lowest BCUT2D eigenvalue weighted by Crippen LogP contribution is -3.15. The van der Waals surface area contributed by atoms with Crippen LogP contribution in [0.1, 0.15) is 10.4 Å². The van der Waals surface area contributed by atoms with Crippen LogP contribution in [0.2, 0.25) is 0 Å². The van der Waals surface area contributed by atoms with Crippen LogP contribution in [0.5, 0.6) is 0 Å². The van der Waals surface area contributed by atoms with Crippen LogP contribution in [-0.4, -0.2) is 54.4 Å². The van der Waals surface area contributed by atoms with E-state index in [-0.39, 0.29) is 6.61 Å². The molecule has 0 bridgehead atoms. The second-order valence-electron chi connectivity index (χ2n) is 5.37. The van der Waals surface area contributed by atoms with Crippen LogP contribution in [-0.2, 0) is 0 Å². The molecule has 1 fully saturated rings. The average molecular weight is 293 g/mol. The Morgan fingerprint density at radius 2 is 2.05 bits per heavy atom. The van der Waals surface area contributed by atoms with Gasteiger partial charge < -0.3 is 14.9 Å². The van der Waals surface area contributed by atoms with Gasteiger partial charge in [-0.1, -0.05) is 0 Å². The van der Waals surface area contributed by atoms with E-state index < -0.39 is 0 Å². The van der Waals surface area contributed by atoms with Gasteiger partial charge in [0.05, 0.1) is 38.2 Å². The highest BCUT2D eigenvalue weighted by molar-refractivity contribution is 7.18. The Hall–Kier alpha value is -1.24. The molecule has 0 amide bonds. The summed E-state index contributed by atoms with van der Waals surface area (Å²) in [5.74, 6) is 1.08. The fraction of sp³-hybridized carbons (Fsp3) is 0.571. The summed E-state index contributed by atoms with van der Waals surface area (Å²) >= 11 is 1.75. The van der Waals surface area contributed by atoms with E-state index in [2.05, 4.69) is 28.7 Å². The number of quaternary nitrogens is 1. The summed E-state index contributed by atoms with van der Waals surface area (Å²) in [5.41, 5.74) is 1.31. The highest BCUT2D eigenvalue weighted by Gasteiger charge is 2.23. The zero-order valence-corrected chi connectivity index (χ0v) is 12.8. The summed E-state index contributed by atoms with van der Waals surface area (Å²) in [6.45, 7) is 9.55. The van der Waals surface area contributed by atoms with E-state index in [1.807, 2.05) is 0 Å². The summed E-state index contributed by atoms with van der Waals surface area (Å²) in [6.07, 6.45) is 1.68. The number of nitrogens with zero attached hydrogens (tertiary/aromatic N) is 3. The second kappa shape index (κ2) is 5.63. The van der Waals surface area contributed by atoms with Crippen LogP contribution in [0.3, 0.4) is 0 Å². The fourth-order valence-corrected chi connectivity index (χ4v) is 3.84. The highest BCUT2D eigenvalue weighted by Crippen LogP contribution is 2.34. The van der Waals surface area contributed by atoms with E-state index in [4.69, 9.17) is 5.11 Å². The number of hydrogen-bond acceptors (Lipinski definition) is 5. The van der Waals surface area contributed by atoms with Crippen LogP contribution in [0, 0.1) is 13.8 Å². The zero-order chi connectivity index (χ0) is 14.1. The molecular weight excluding hydrogens is 272 g/mol. The second-order valence-corrected chi connectivity index (χ2v) is 6.57. The Bertz CT molecular complexity index is 604. The molecule has 0 saturated carbocycles. The Morgan fingerprint density at radius 1 is 1.30 bits per heavy atom. The van der Waals surface area contributed by atoms with Crippen molar-refractivity contribution in [3.8, 4) is 0 Å². The highest BCUT2D eigenvalue weighted by atomic mass is 32.1. The van der Waals surface area contributed by atoms with Gasteiger partial charge in [-0.15, -0.1) is 11.3 Å². The van der Waals surface area contributed by atoms with Crippen LogP contribution in [0.25, 0.3) is 10.2 Å². The first-order valence-electron chi connectivity index (χ1n) is 7.10. The van der Waals surface area contributed by atoms with Crippen molar-refractivity contribution in [2.24, 2.45) is 0 Å². The third-order valence-electron chi connectivity index (χ3n) is 4.18. The molecule has 2 N–H and O–H groups in total. The van der Waals surface area contributed by atoms with E-state index in [9.17, 15) is 0 Å². The number of aryl methyl sites for hydroxylation is 2. The van der Waals surface area contributed by atoms with Gasteiger partial charge in [0.2, 0.25) is 0 Å². The van der Waals surface area contributed by atoms with Crippen molar-refractivity contribution >= 4 is 27.4 Å². The molecule has 20 heavy (non-hydrogen) atoms. The minimum Gasteiger partial charge on any atom is -0.391 e. The summed E-state index contributed by atoms with van der Waals surface area (Å²) in [4.78, 5) is 15.2. The van der Waals surface area contributed by atoms with Crippen molar-refractivity contribution in [1.29, 1.82) is 0 Å². The average Bonchev–Trinajstić information content (AvgIpc) is 2.76. The Morgan fingerprint density at radius 3 is 2.75 bits per heavy atom. The number of anilines is 1. The number of aromatic nitrogens is 2. The Kier molecular flexibility index (Phi) is 3.87. The normalized spacial score (nSPS) is 17.1. The Labute approximate surface area is 122 Å². The maximum atomic E-state index is 9.03. The SMILES string of the molecule is Cc1sc2ncnc(N3CC[NH+](CCO)CC3)c2c1C. The molecule has 0 unspecified atom stereocenters. The van der Waals surface area contributed by atoms with E-state index in [0.717, 1.165) is 43.4 Å². The number of piperazine rings is 1. The van der Waals surface area contributed by atoms with Crippen molar-refractivity contribution in [2.75, 3.05) is 44.2 Å². The van der Waals surface area contributed by atoms with Gasteiger partial charge in [0.15, 0.2) is 0 Å². The fourth-order valence-electron chi connectivity index (χ4n) is 2.85. The standard InChI is InChI=1S/C14H20N4OS/c1-10-11(2)20-14-12(10)13(15-9-16-14)18-5-3-17(4-6-18)7-8-19/h9,19H,3-8H2,1-2H3/p+1. The number of fused-ring (bicyclic) bond motifs is 1. The first-order valence-corrected chi connectivity index (χ1v) is 7.92. The summed E-state index contributed by atoms with van der Waals surface area (Å²) in [5, 5.41) is 10.3. The number of nitrogens with one attached hydrogen (secondary N) is 1. The van der Waals surface area contributed by atoms with Crippen LogP contribution in [0.15, 0.2) is 6.33 Å². The quantitative estimate of drug-likeness (QED) is 0.837. The van der Waals surface area contributed by atoms with E-state index in [1.54, 1.807) is 17.7 Å². The van der Waals surface area contributed by atoms with Gasteiger partial charge >= 0.3 is 0 Å². The number of rotatable bonds is 3. The molecule has 0 aromatic carbocycles. The van der Waals surface area contributed by atoms with Gasteiger partial charge in [0, 0.05) is 4.88 Å². The molecule has 0 radical (unpaired) electrons. The van der Waals surface area contributed by atoms with Crippen molar-refractivity contribution in [3.05, 3.63) is 16.8 Å². The zero-order valence-electron chi connectivity index (χ0n) is 12.0.